The van der Waals surface area contributed by atoms with Crippen LogP contribution in [0, 0.1) is 17.0 Å². The summed E-state index contributed by atoms with van der Waals surface area (Å²) >= 11 is 1.31. The fourth-order valence-electron chi connectivity index (χ4n) is 2.83. The zero-order chi connectivity index (χ0) is 20.3. The fraction of sp³-hybridized carbons (Fsp3) is 0.368. The van der Waals surface area contributed by atoms with Crippen molar-refractivity contribution in [2.75, 3.05) is 23.8 Å². The highest BCUT2D eigenvalue weighted by molar-refractivity contribution is 7.15. The molecule has 1 amide bonds. The van der Waals surface area contributed by atoms with Crippen molar-refractivity contribution in [2.45, 2.75) is 32.6 Å². The third-order valence-electron chi connectivity index (χ3n) is 4.44. The van der Waals surface area contributed by atoms with E-state index in [1.54, 1.807) is 19.9 Å². The molecule has 0 unspecified atom stereocenters. The highest BCUT2D eigenvalue weighted by Crippen LogP contribution is 2.46. The van der Waals surface area contributed by atoms with Crippen molar-refractivity contribution >= 4 is 39.6 Å². The molecule has 0 radical (unpaired) electrons. The van der Waals surface area contributed by atoms with Crippen molar-refractivity contribution in [1.82, 2.24) is 0 Å². The highest BCUT2D eigenvalue weighted by atomic mass is 32.1. The van der Waals surface area contributed by atoms with Crippen LogP contribution < -0.4 is 10.6 Å². The first kappa shape index (κ1) is 19.8. The van der Waals surface area contributed by atoms with Crippen molar-refractivity contribution in [2.24, 2.45) is 0 Å². The van der Waals surface area contributed by atoms with Gasteiger partial charge in [0.2, 0.25) is 5.91 Å². The number of carbonyl (C=O) groups excluding carboxylic acids is 2. The highest BCUT2D eigenvalue weighted by Gasteiger charge is 2.32. The summed E-state index contributed by atoms with van der Waals surface area (Å²) in [5.74, 6) is -0.420. The summed E-state index contributed by atoms with van der Waals surface area (Å²) in [5, 5.41) is 19.0. The number of esters is 1. The van der Waals surface area contributed by atoms with E-state index in [0.29, 0.717) is 22.2 Å². The number of hydrogen-bond donors (Lipinski definition) is 2. The lowest BCUT2D eigenvalue weighted by Gasteiger charge is -2.11. The van der Waals surface area contributed by atoms with Crippen LogP contribution in [-0.2, 0) is 9.53 Å². The van der Waals surface area contributed by atoms with Crippen LogP contribution >= 0.6 is 11.3 Å². The molecule has 0 saturated heterocycles. The fourth-order valence-corrected chi connectivity index (χ4v) is 3.88. The van der Waals surface area contributed by atoms with Gasteiger partial charge in [-0.15, -0.1) is 11.3 Å². The molecule has 0 spiro atoms. The smallest absolute Gasteiger partial charge is 0.341 e. The third-order valence-corrected chi connectivity index (χ3v) is 5.35. The Morgan fingerprint density at radius 1 is 1.36 bits per heavy atom. The third kappa shape index (κ3) is 4.48. The Bertz CT molecular complexity index is 920. The number of nitrogens with zero attached hydrogens (tertiary/aromatic N) is 1. The Morgan fingerprint density at radius 2 is 2.11 bits per heavy atom. The molecule has 1 aliphatic rings. The van der Waals surface area contributed by atoms with Gasteiger partial charge in [-0.3, -0.25) is 14.9 Å². The molecule has 8 nitrogen and oxygen atoms in total. The van der Waals surface area contributed by atoms with Crippen LogP contribution in [0.4, 0.5) is 16.4 Å². The number of rotatable bonds is 8. The average molecular weight is 403 g/mol. The quantitative estimate of drug-likeness (QED) is 0.390. The van der Waals surface area contributed by atoms with Crippen molar-refractivity contribution in [1.29, 1.82) is 0 Å². The average Bonchev–Trinajstić information content (AvgIpc) is 3.41. The topological polar surface area (TPSA) is 111 Å². The van der Waals surface area contributed by atoms with Crippen molar-refractivity contribution in [3.8, 4) is 0 Å². The lowest BCUT2D eigenvalue weighted by molar-refractivity contribution is -0.384. The van der Waals surface area contributed by atoms with Crippen LogP contribution in [0.25, 0.3) is 0 Å². The van der Waals surface area contributed by atoms with E-state index in [2.05, 4.69) is 10.6 Å². The zero-order valence-electron chi connectivity index (χ0n) is 15.6. The molecule has 1 heterocycles. The van der Waals surface area contributed by atoms with Crippen molar-refractivity contribution in [3.63, 3.8) is 0 Å². The number of anilines is 2. The van der Waals surface area contributed by atoms with Gasteiger partial charge in [0.05, 0.1) is 23.6 Å². The van der Waals surface area contributed by atoms with Crippen LogP contribution in [0.15, 0.2) is 23.6 Å². The zero-order valence-corrected chi connectivity index (χ0v) is 16.4. The molecule has 0 aliphatic heterocycles. The first-order valence-corrected chi connectivity index (χ1v) is 9.86. The monoisotopic (exact) mass is 403 g/mol. The second-order valence-electron chi connectivity index (χ2n) is 6.55. The Kier molecular flexibility index (Phi) is 5.93. The molecule has 28 heavy (non-hydrogen) atoms. The van der Waals surface area contributed by atoms with Crippen LogP contribution in [0.1, 0.15) is 47.2 Å². The number of hydrogen-bond acceptors (Lipinski definition) is 7. The molecule has 0 bridgehead atoms. The van der Waals surface area contributed by atoms with Gasteiger partial charge in [-0.25, -0.2) is 4.79 Å². The van der Waals surface area contributed by atoms with E-state index in [1.807, 2.05) is 5.38 Å². The molecule has 148 valence electrons. The Morgan fingerprint density at radius 3 is 2.75 bits per heavy atom. The van der Waals surface area contributed by atoms with Gasteiger partial charge in [0.25, 0.3) is 5.69 Å². The summed E-state index contributed by atoms with van der Waals surface area (Å²) in [6, 6.07) is 4.43. The second kappa shape index (κ2) is 8.39. The SMILES string of the molecule is CCOC(=O)c1c(C2CC2)csc1NC(=O)CNc1cc([N+](=O)[O-])ccc1C. The van der Waals surface area contributed by atoms with E-state index in [9.17, 15) is 19.7 Å². The predicted molar refractivity (Wildman–Crippen MR) is 107 cm³/mol. The summed E-state index contributed by atoms with van der Waals surface area (Å²) in [6.07, 6.45) is 2.06. The molecule has 1 aromatic heterocycles. The number of nitrogens with one attached hydrogen (secondary N) is 2. The number of ether oxygens (including phenoxy) is 1. The molecule has 0 atom stereocenters. The molecule has 1 aromatic carbocycles. The van der Waals surface area contributed by atoms with Crippen molar-refractivity contribution in [3.05, 3.63) is 50.4 Å². The van der Waals surface area contributed by atoms with Crippen LogP contribution in [0.3, 0.4) is 0 Å². The Hall–Kier alpha value is -2.94. The van der Waals surface area contributed by atoms with Gasteiger partial charge in [0.15, 0.2) is 0 Å². The summed E-state index contributed by atoms with van der Waals surface area (Å²) < 4.78 is 5.14. The standard InChI is InChI=1S/C19H21N3O5S/c1-3-27-19(24)17-14(12-5-6-12)10-28-18(17)21-16(23)9-20-15-8-13(22(25)26)7-4-11(15)2/h4,7-8,10,12,20H,3,5-6,9H2,1-2H3,(H,21,23). The lowest BCUT2D eigenvalue weighted by Crippen LogP contribution is -2.23. The van der Waals surface area contributed by atoms with Crippen LogP contribution in [-0.4, -0.2) is 30.0 Å². The first-order valence-electron chi connectivity index (χ1n) is 8.98. The number of amides is 1. The van der Waals surface area contributed by atoms with Crippen molar-refractivity contribution < 1.29 is 19.2 Å². The first-order chi connectivity index (χ1) is 13.4. The van der Waals surface area contributed by atoms with Crippen LogP contribution in [0.2, 0.25) is 0 Å². The van der Waals surface area contributed by atoms with Gasteiger partial charge in [0, 0.05) is 17.8 Å². The number of aryl methyl sites for hydroxylation is 1. The molecule has 2 N–H and O–H groups in total. The largest absolute Gasteiger partial charge is 0.462 e. The molecule has 1 fully saturated rings. The number of nitro benzene ring substituents is 1. The lowest BCUT2D eigenvalue weighted by atomic mass is 10.1. The number of nitro groups is 1. The minimum Gasteiger partial charge on any atom is -0.462 e. The normalized spacial score (nSPS) is 13.1. The van der Waals surface area contributed by atoms with Gasteiger partial charge < -0.3 is 15.4 Å². The van der Waals surface area contributed by atoms with E-state index in [4.69, 9.17) is 4.74 Å². The van der Waals surface area contributed by atoms with Gasteiger partial charge in [-0.05, 0) is 49.1 Å². The number of benzene rings is 1. The number of thiophene rings is 1. The van der Waals surface area contributed by atoms with Gasteiger partial charge in [0.1, 0.15) is 5.00 Å². The van der Waals surface area contributed by atoms with E-state index in [1.165, 1.54) is 23.5 Å². The number of carbonyl (C=O) groups is 2. The van der Waals surface area contributed by atoms with Gasteiger partial charge >= 0.3 is 5.97 Å². The summed E-state index contributed by atoms with van der Waals surface area (Å²) in [5.41, 5.74) is 2.62. The second-order valence-corrected chi connectivity index (χ2v) is 7.43. The molecule has 3 rings (SSSR count). The number of non-ortho nitro benzene ring substituents is 1. The Labute approximate surface area is 166 Å². The summed E-state index contributed by atoms with van der Waals surface area (Å²) in [7, 11) is 0. The Balaban J connectivity index is 1.69. The van der Waals surface area contributed by atoms with Gasteiger partial charge in [-0.2, -0.15) is 0 Å². The maximum absolute atomic E-state index is 12.4. The van der Waals surface area contributed by atoms with E-state index < -0.39 is 10.9 Å². The molecule has 2 aromatic rings. The minimum atomic E-state index is -0.485. The maximum Gasteiger partial charge on any atom is 0.341 e. The molecule has 9 heteroatoms. The molecular weight excluding hydrogens is 382 g/mol. The summed E-state index contributed by atoms with van der Waals surface area (Å²) in [4.78, 5) is 35.2. The van der Waals surface area contributed by atoms with E-state index in [0.717, 1.165) is 24.0 Å². The maximum atomic E-state index is 12.4. The molecule has 1 aliphatic carbocycles. The van der Waals surface area contributed by atoms with Gasteiger partial charge in [-0.1, -0.05) is 6.07 Å². The molecule has 1 saturated carbocycles. The van der Waals surface area contributed by atoms with E-state index >= 15 is 0 Å². The summed E-state index contributed by atoms with van der Waals surface area (Å²) in [6.45, 7) is 3.72. The predicted octanol–water partition coefficient (Wildman–Crippen LogP) is 4.07. The van der Waals surface area contributed by atoms with E-state index in [-0.39, 0.29) is 24.7 Å². The van der Waals surface area contributed by atoms with Crippen LogP contribution in [0.5, 0.6) is 0 Å². The molecular formula is C19H21N3O5S. The minimum absolute atomic E-state index is 0.0505.